The Kier molecular flexibility index (Phi) is 9.56. The minimum atomic E-state index is -0.521. The Bertz CT molecular complexity index is 1810. The van der Waals surface area contributed by atoms with E-state index in [0.29, 0.717) is 29.2 Å². The second kappa shape index (κ2) is 13.9. The SMILES string of the molecule is CNCc1cc(NC(=O)OC[C@H](C)c2ccc(C(C)Nc3ccc4cc[nH]c(=O)c4c3)cc2C)ccc1Oc1ccccn1. The normalized spacial score (nSPS) is 12.4. The smallest absolute Gasteiger partial charge is 0.411 e. The average molecular weight is 592 g/mol. The molecule has 0 fully saturated rings. The van der Waals surface area contributed by atoms with E-state index in [9.17, 15) is 9.59 Å². The summed E-state index contributed by atoms with van der Waals surface area (Å²) < 4.78 is 11.5. The van der Waals surface area contributed by atoms with Crippen LogP contribution in [0.4, 0.5) is 16.2 Å². The van der Waals surface area contributed by atoms with E-state index in [1.165, 1.54) is 0 Å². The highest BCUT2D eigenvalue weighted by Crippen LogP contribution is 2.29. The average Bonchev–Trinajstić information content (AvgIpc) is 3.02. The van der Waals surface area contributed by atoms with Crippen LogP contribution in [0, 0.1) is 6.92 Å². The number of nitrogens with one attached hydrogen (secondary N) is 4. The molecule has 1 unspecified atom stereocenters. The van der Waals surface area contributed by atoms with Crippen molar-refractivity contribution in [3.05, 3.63) is 124 Å². The largest absolute Gasteiger partial charge is 0.449 e. The predicted octanol–water partition coefficient (Wildman–Crippen LogP) is 7.27. The van der Waals surface area contributed by atoms with Crippen molar-refractivity contribution in [3.63, 3.8) is 0 Å². The van der Waals surface area contributed by atoms with Crippen LogP contribution < -0.4 is 26.2 Å². The van der Waals surface area contributed by atoms with Crippen LogP contribution in [0.25, 0.3) is 10.8 Å². The molecule has 0 bridgehead atoms. The molecule has 2 heterocycles. The number of anilines is 2. The molecule has 2 aromatic heterocycles. The first kappa shape index (κ1) is 30.3. The Morgan fingerprint density at radius 2 is 1.82 bits per heavy atom. The fourth-order valence-electron chi connectivity index (χ4n) is 5.18. The van der Waals surface area contributed by atoms with Gasteiger partial charge in [0.15, 0.2) is 0 Å². The van der Waals surface area contributed by atoms with Gasteiger partial charge in [-0.25, -0.2) is 9.78 Å². The van der Waals surface area contributed by atoms with E-state index in [4.69, 9.17) is 9.47 Å². The third-order valence-corrected chi connectivity index (χ3v) is 7.47. The Balaban J connectivity index is 1.17. The molecule has 0 saturated heterocycles. The lowest BCUT2D eigenvalue weighted by molar-refractivity contribution is 0.155. The molecule has 0 saturated carbocycles. The second-order valence-corrected chi connectivity index (χ2v) is 10.8. The highest BCUT2D eigenvalue weighted by atomic mass is 16.5. The van der Waals surface area contributed by atoms with Crippen molar-refractivity contribution < 1.29 is 14.3 Å². The molecule has 2 atom stereocenters. The van der Waals surface area contributed by atoms with Gasteiger partial charge in [-0.1, -0.05) is 37.3 Å². The van der Waals surface area contributed by atoms with Gasteiger partial charge in [-0.2, -0.15) is 0 Å². The van der Waals surface area contributed by atoms with Crippen molar-refractivity contribution >= 4 is 28.2 Å². The number of H-pyrrole nitrogens is 1. The first-order valence-electron chi connectivity index (χ1n) is 14.6. The van der Waals surface area contributed by atoms with Crippen LogP contribution in [0.2, 0.25) is 0 Å². The third kappa shape index (κ3) is 7.43. The van der Waals surface area contributed by atoms with Crippen molar-refractivity contribution in [1.82, 2.24) is 15.3 Å². The summed E-state index contributed by atoms with van der Waals surface area (Å²) in [6.45, 7) is 6.98. The number of hydrogen-bond donors (Lipinski definition) is 4. The van der Waals surface area contributed by atoms with Crippen molar-refractivity contribution in [3.8, 4) is 11.6 Å². The zero-order valence-corrected chi connectivity index (χ0v) is 25.3. The number of carbonyl (C=O) groups is 1. The molecule has 226 valence electrons. The Hall–Kier alpha value is -5.15. The highest BCUT2D eigenvalue weighted by molar-refractivity contribution is 5.85. The first-order valence-corrected chi connectivity index (χ1v) is 14.6. The lowest BCUT2D eigenvalue weighted by Crippen LogP contribution is -2.18. The van der Waals surface area contributed by atoms with Gasteiger partial charge in [-0.3, -0.25) is 10.1 Å². The molecule has 0 aliphatic heterocycles. The van der Waals surface area contributed by atoms with E-state index in [1.54, 1.807) is 30.6 Å². The van der Waals surface area contributed by atoms with E-state index in [1.807, 2.05) is 56.4 Å². The topological polar surface area (TPSA) is 117 Å². The second-order valence-electron chi connectivity index (χ2n) is 10.8. The molecule has 44 heavy (non-hydrogen) atoms. The zero-order valence-electron chi connectivity index (χ0n) is 25.3. The van der Waals surface area contributed by atoms with Crippen LogP contribution in [0.3, 0.4) is 0 Å². The Labute approximate surface area is 256 Å². The monoisotopic (exact) mass is 591 g/mol. The maximum atomic E-state index is 12.7. The van der Waals surface area contributed by atoms with E-state index in [-0.39, 0.29) is 24.1 Å². The number of carbonyl (C=O) groups excluding carboxylic acids is 1. The molecule has 1 amide bonds. The molecule has 3 aromatic carbocycles. The molecule has 0 aliphatic carbocycles. The molecule has 0 aliphatic rings. The minimum Gasteiger partial charge on any atom is -0.449 e. The molecule has 9 heteroatoms. The number of hydrogen-bond acceptors (Lipinski definition) is 7. The van der Waals surface area contributed by atoms with E-state index < -0.39 is 6.09 Å². The number of aromatic nitrogens is 2. The van der Waals surface area contributed by atoms with Crippen LogP contribution >= 0.6 is 0 Å². The summed E-state index contributed by atoms with van der Waals surface area (Å²) >= 11 is 0. The van der Waals surface area contributed by atoms with Gasteiger partial charge in [-0.15, -0.1) is 0 Å². The molecule has 5 rings (SSSR count). The summed E-state index contributed by atoms with van der Waals surface area (Å²) in [5.41, 5.74) is 5.60. The maximum Gasteiger partial charge on any atom is 0.411 e. The quantitative estimate of drug-likeness (QED) is 0.128. The number of rotatable bonds is 11. The van der Waals surface area contributed by atoms with E-state index >= 15 is 0 Å². The van der Waals surface area contributed by atoms with Crippen molar-refractivity contribution in [2.45, 2.75) is 39.3 Å². The standard InChI is InChI=1S/C35H37N5O4/c1-22-17-26(24(3)39-29-10-8-25-14-16-38-34(41)31(25)19-29)9-12-30(22)23(2)21-43-35(42)40-28-11-13-32(27(18-28)20-36-4)44-33-7-5-6-15-37-33/h5-19,23-24,36,39H,20-21H2,1-4H3,(H,38,41)(H,40,42)/t23-,24?/m0/s1. The van der Waals surface area contributed by atoms with Gasteiger partial charge in [0.05, 0.1) is 6.61 Å². The van der Waals surface area contributed by atoms with E-state index in [2.05, 4.69) is 58.0 Å². The predicted molar refractivity (Wildman–Crippen MR) is 175 cm³/mol. The minimum absolute atomic E-state index is 0.000668. The fraction of sp³-hybridized carbons (Fsp3) is 0.229. The summed E-state index contributed by atoms with van der Waals surface area (Å²) in [4.78, 5) is 31.8. The summed E-state index contributed by atoms with van der Waals surface area (Å²) in [5.74, 6) is 1.15. The first-order chi connectivity index (χ1) is 21.3. The Morgan fingerprint density at radius 1 is 0.977 bits per heavy atom. The van der Waals surface area contributed by atoms with Gasteiger partial charge in [0, 0.05) is 59.3 Å². The number of benzene rings is 3. The summed E-state index contributed by atoms with van der Waals surface area (Å²) in [7, 11) is 1.85. The molecule has 5 aromatic rings. The summed E-state index contributed by atoms with van der Waals surface area (Å²) in [6, 6.07) is 24.9. The summed E-state index contributed by atoms with van der Waals surface area (Å²) in [5, 5.41) is 11.0. The van der Waals surface area contributed by atoms with Crippen LogP contribution in [0.15, 0.2) is 96.1 Å². The van der Waals surface area contributed by atoms with Crippen LogP contribution in [-0.2, 0) is 11.3 Å². The van der Waals surface area contributed by atoms with Gasteiger partial charge in [0.25, 0.3) is 5.56 Å². The number of pyridine rings is 2. The van der Waals surface area contributed by atoms with Gasteiger partial charge in [-0.05, 0) is 85.4 Å². The maximum absolute atomic E-state index is 12.7. The van der Waals surface area contributed by atoms with Crippen molar-refractivity contribution in [1.29, 1.82) is 0 Å². The number of ether oxygens (including phenoxy) is 2. The molecule has 0 spiro atoms. The third-order valence-electron chi connectivity index (χ3n) is 7.47. The Morgan fingerprint density at radius 3 is 2.59 bits per heavy atom. The molecule has 9 nitrogen and oxygen atoms in total. The molecule has 4 N–H and O–H groups in total. The number of aryl methyl sites for hydroxylation is 1. The van der Waals surface area contributed by atoms with Gasteiger partial charge in [0.2, 0.25) is 5.88 Å². The van der Waals surface area contributed by atoms with Gasteiger partial charge >= 0.3 is 6.09 Å². The molecular formula is C35H37N5O4. The number of amides is 1. The fourth-order valence-corrected chi connectivity index (χ4v) is 5.18. The number of nitrogens with zero attached hydrogens (tertiary/aromatic N) is 1. The van der Waals surface area contributed by atoms with Crippen LogP contribution in [0.1, 0.15) is 48.1 Å². The van der Waals surface area contributed by atoms with Gasteiger partial charge < -0.3 is 25.1 Å². The number of aromatic amines is 1. The van der Waals surface area contributed by atoms with Gasteiger partial charge in [0.1, 0.15) is 5.75 Å². The summed E-state index contributed by atoms with van der Waals surface area (Å²) in [6.07, 6.45) is 2.81. The molecular weight excluding hydrogens is 554 g/mol. The van der Waals surface area contributed by atoms with Crippen molar-refractivity contribution in [2.24, 2.45) is 0 Å². The van der Waals surface area contributed by atoms with Crippen LogP contribution in [0.5, 0.6) is 11.6 Å². The number of fused-ring (bicyclic) bond motifs is 1. The zero-order chi connectivity index (χ0) is 31.1. The molecule has 0 radical (unpaired) electrons. The lowest BCUT2D eigenvalue weighted by atomic mass is 9.93. The lowest BCUT2D eigenvalue weighted by Gasteiger charge is -2.20. The highest BCUT2D eigenvalue weighted by Gasteiger charge is 2.15. The van der Waals surface area contributed by atoms with E-state index in [0.717, 1.165) is 33.3 Å². The van der Waals surface area contributed by atoms with Crippen LogP contribution in [-0.4, -0.2) is 29.7 Å². The van der Waals surface area contributed by atoms with Crippen molar-refractivity contribution in [2.75, 3.05) is 24.3 Å².